The van der Waals surface area contributed by atoms with Crippen LogP contribution in [0.3, 0.4) is 0 Å². The van der Waals surface area contributed by atoms with E-state index in [1.165, 1.54) is 37.7 Å². The van der Waals surface area contributed by atoms with Gasteiger partial charge in [-0.1, -0.05) is 54.7 Å². The number of nitrogens with zero attached hydrogens (tertiary/aromatic N) is 4. The monoisotopic (exact) mass is 476 g/mol. The van der Waals surface area contributed by atoms with Crippen molar-refractivity contribution in [3.05, 3.63) is 34.3 Å². The van der Waals surface area contributed by atoms with E-state index in [0.29, 0.717) is 29.3 Å². The molecule has 4 nitrogen and oxygen atoms in total. The van der Waals surface area contributed by atoms with Crippen LogP contribution in [0.15, 0.2) is 28.4 Å². The molecule has 0 amide bonds. The van der Waals surface area contributed by atoms with Gasteiger partial charge in [0.15, 0.2) is 5.69 Å². The average Bonchev–Trinajstić information content (AvgIpc) is 3.05. The Hall–Kier alpha value is -1.25. The van der Waals surface area contributed by atoms with Crippen molar-refractivity contribution in [2.75, 3.05) is 18.0 Å². The van der Waals surface area contributed by atoms with Gasteiger partial charge in [0.1, 0.15) is 16.0 Å². The molecule has 2 fully saturated rings. The minimum atomic E-state index is -4.63. The lowest BCUT2D eigenvalue weighted by molar-refractivity contribution is -0.143. The summed E-state index contributed by atoms with van der Waals surface area (Å²) >= 11 is 12.7. The van der Waals surface area contributed by atoms with Crippen LogP contribution < -0.4 is 4.90 Å². The Kier molecular flexibility index (Phi) is 6.12. The molecule has 1 saturated heterocycles. The number of rotatable bonds is 3. The highest BCUT2D eigenvalue weighted by Gasteiger charge is 2.43. The Labute approximate surface area is 187 Å². The van der Waals surface area contributed by atoms with Crippen molar-refractivity contribution in [3.63, 3.8) is 0 Å². The van der Waals surface area contributed by atoms with E-state index in [1.54, 1.807) is 0 Å². The third kappa shape index (κ3) is 4.23. The Bertz CT molecular complexity index is 933. The van der Waals surface area contributed by atoms with Crippen molar-refractivity contribution < 1.29 is 13.2 Å². The van der Waals surface area contributed by atoms with Gasteiger partial charge in [0.2, 0.25) is 0 Å². The molecule has 0 N–H and O–H groups in total. The second-order valence-electron chi connectivity index (χ2n) is 8.04. The van der Waals surface area contributed by atoms with Gasteiger partial charge in [-0.05, 0) is 36.7 Å². The van der Waals surface area contributed by atoms with Gasteiger partial charge in [-0.2, -0.15) is 13.2 Å². The number of pyridine rings is 1. The Morgan fingerprint density at radius 1 is 1.17 bits per heavy atom. The van der Waals surface area contributed by atoms with Gasteiger partial charge in [-0.15, -0.1) is 0 Å². The lowest BCUT2D eigenvalue weighted by atomic mass is 9.71. The van der Waals surface area contributed by atoms with Crippen molar-refractivity contribution >= 4 is 40.8 Å². The van der Waals surface area contributed by atoms with Gasteiger partial charge in [0.05, 0.1) is 11.2 Å². The molecular weight excluding hydrogens is 456 g/mol. The van der Waals surface area contributed by atoms with Gasteiger partial charge in [-0.25, -0.2) is 15.0 Å². The van der Waals surface area contributed by atoms with Gasteiger partial charge >= 0.3 is 6.18 Å². The van der Waals surface area contributed by atoms with E-state index in [4.69, 9.17) is 23.2 Å². The predicted octanol–water partition coefficient (Wildman–Crippen LogP) is 6.76. The standard InChI is InChI=1S/C20H21Cl2F3N4S/c1-12-3-2-5-19(12)6-9-29(10-7-19)14-11-27-18(16(28-14)20(23,24)25)30-13-4-8-26-17(22)15(13)21/h4,8,11-12H,2-3,5-7,9-10H2,1H3/t12-/m1/s1. The molecule has 2 aromatic rings. The summed E-state index contributed by atoms with van der Waals surface area (Å²) in [5.41, 5.74) is -0.673. The molecule has 0 aromatic carbocycles. The molecule has 0 bridgehead atoms. The number of hydrogen-bond donors (Lipinski definition) is 0. The van der Waals surface area contributed by atoms with E-state index < -0.39 is 11.9 Å². The second-order valence-corrected chi connectivity index (χ2v) is 9.80. The third-order valence-electron chi connectivity index (χ3n) is 6.45. The quantitative estimate of drug-likeness (QED) is 0.457. The Morgan fingerprint density at radius 2 is 1.90 bits per heavy atom. The molecule has 2 aliphatic rings. The third-order valence-corrected chi connectivity index (χ3v) is 8.38. The van der Waals surface area contributed by atoms with Crippen molar-refractivity contribution in [2.24, 2.45) is 11.3 Å². The molecule has 30 heavy (non-hydrogen) atoms. The molecular formula is C20H21Cl2F3N4S. The van der Waals surface area contributed by atoms with E-state index in [1.807, 2.05) is 4.90 Å². The first-order valence-corrected chi connectivity index (χ1v) is 11.4. The molecule has 0 unspecified atom stereocenters. The molecule has 1 aliphatic carbocycles. The smallest absolute Gasteiger partial charge is 0.355 e. The largest absolute Gasteiger partial charge is 0.436 e. The molecule has 162 valence electrons. The molecule has 1 saturated carbocycles. The first-order chi connectivity index (χ1) is 14.2. The summed E-state index contributed by atoms with van der Waals surface area (Å²) in [5.74, 6) is 0.943. The molecule has 1 spiro atoms. The fourth-order valence-electron chi connectivity index (χ4n) is 4.60. The fraction of sp³-hybridized carbons (Fsp3) is 0.550. The van der Waals surface area contributed by atoms with Gasteiger partial charge in [0, 0.05) is 24.2 Å². The topological polar surface area (TPSA) is 41.9 Å². The molecule has 3 heterocycles. The summed E-state index contributed by atoms with van der Waals surface area (Å²) in [4.78, 5) is 14.2. The highest BCUT2D eigenvalue weighted by Crippen LogP contribution is 2.50. The highest BCUT2D eigenvalue weighted by molar-refractivity contribution is 7.99. The molecule has 1 aliphatic heterocycles. The van der Waals surface area contributed by atoms with Crippen molar-refractivity contribution in [2.45, 2.75) is 55.1 Å². The van der Waals surface area contributed by atoms with Gasteiger partial charge < -0.3 is 4.90 Å². The van der Waals surface area contributed by atoms with E-state index in [2.05, 4.69) is 21.9 Å². The predicted molar refractivity (Wildman–Crippen MR) is 112 cm³/mol. The maximum Gasteiger partial charge on any atom is 0.436 e. The van der Waals surface area contributed by atoms with Crippen LogP contribution in [0.5, 0.6) is 0 Å². The van der Waals surface area contributed by atoms with Crippen molar-refractivity contribution in [3.8, 4) is 0 Å². The average molecular weight is 477 g/mol. The first-order valence-electron chi connectivity index (χ1n) is 9.87. The van der Waals surface area contributed by atoms with Crippen LogP contribution in [-0.2, 0) is 6.18 Å². The summed E-state index contributed by atoms with van der Waals surface area (Å²) in [6.45, 7) is 3.70. The number of hydrogen-bond acceptors (Lipinski definition) is 5. The number of aromatic nitrogens is 3. The van der Waals surface area contributed by atoms with Crippen LogP contribution in [0.25, 0.3) is 0 Å². The van der Waals surface area contributed by atoms with Crippen LogP contribution in [0, 0.1) is 11.3 Å². The number of alkyl halides is 3. The van der Waals surface area contributed by atoms with Crippen LogP contribution in [0.1, 0.15) is 44.7 Å². The van der Waals surface area contributed by atoms with E-state index >= 15 is 0 Å². The molecule has 0 radical (unpaired) electrons. The zero-order valence-electron chi connectivity index (χ0n) is 16.3. The summed E-state index contributed by atoms with van der Waals surface area (Å²) in [5, 5.41) is -0.133. The van der Waals surface area contributed by atoms with Crippen LogP contribution in [0.4, 0.5) is 19.0 Å². The second kappa shape index (κ2) is 8.36. The van der Waals surface area contributed by atoms with Crippen molar-refractivity contribution in [1.82, 2.24) is 15.0 Å². The van der Waals surface area contributed by atoms with Crippen LogP contribution in [-0.4, -0.2) is 28.0 Å². The molecule has 2 aromatic heterocycles. The number of halogens is 5. The molecule has 4 rings (SSSR count). The first kappa shape index (κ1) is 22.0. The number of piperidine rings is 1. The maximum atomic E-state index is 13.8. The summed E-state index contributed by atoms with van der Waals surface area (Å²) in [6, 6.07) is 1.50. The van der Waals surface area contributed by atoms with Gasteiger partial charge in [-0.3, -0.25) is 0 Å². The fourth-order valence-corrected chi connectivity index (χ4v) is 5.93. The van der Waals surface area contributed by atoms with Crippen LogP contribution >= 0.6 is 35.0 Å². The Balaban J connectivity index is 1.58. The summed E-state index contributed by atoms with van der Waals surface area (Å²) in [6.07, 6.45) is 3.84. The summed E-state index contributed by atoms with van der Waals surface area (Å²) < 4.78 is 41.3. The zero-order chi connectivity index (χ0) is 21.5. The highest BCUT2D eigenvalue weighted by atomic mass is 35.5. The minimum absolute atomic E-state index is 0.0307. The zero-order valence-corrected chi connectivity index (χ0v) is 18.7. The van der Waals surface area contributed by atoms with Gasteiger partial charge in [0.25, 0.3) is 0 Å². The summed E-state index contributed by atoms with van der Waals surface area (Å²) in [7, 11) is 0. The lowest BCUT2D eigenvalue weighted by Gasteiger charge is -2.42. The number of anilines is 1. The van der Waals surface area contributed by atoms with Crippen LogP contribution in [0.2, 0.25) is 10.2 Å². The van der Waals surface area contributed by atoms with E-state index in [0.717, 1.165) is 24.6 Å². The van der Waals surface area contributed by atoms with E-state index in [9.17, 15) is 13.2 Å². The normalized spacial score (nSPS) is 21.4. The minimum Gasteiger partial charge on any atom is -0.355 e. The van der Waals surface area contributed by atoms with E-state index in [-0.39, 0.29) is 21.0 Å². The maximum absolute atomic E-state index is 13.8. The SMILES string of the molecule is C[C@@H]1CCCC12CCN(c1cnc(Sc3ccnc(Cl)c3Cl)c(C(F)(F)F)n1)CC2. The Morgan fingerprint density at radius 3 is 2.53 bits per heavy atom. The molecule has 1 atom stereocenters. The van der Waals surface area contributed by atoms with Crippen molar-refractivity contribution in [1.29, 1.82) is 0 Å². The lowest BCUT2D eigenvalue weighted by Crippen LogP contribution is -2.42. The molecule has 10 heteroatoms.